The summed E-state index contributed by atoms with van der Waals surface area (Å²) >= 11 is 1.68. The number of anilines is 1. The van der Waals surface area contributed by atoms with E-state index in [0.29, 0.717) is 5.82 Å². The van der Waals surface area contributed by atoms with E-state index < -0.39 is 0 Å². The molecular weight excluding hydrogens is 330 g/mol. The lowest BCUT2D eigenvalue weighted by molar-refractivity contribution is 0.961. The number of fused-ring (bicyclic) bond motifs is 1. The van der Waals surface area contributed by atoms with Crippen LogP contribution in [0.3, 0.4) is 0 Å². The van der Waals surface area contributed by atoms with E-state index in [4.69, 9.17) is 4.98 Å². The third-order valence-electron chi connectivity index (χ3n) is 3.86. The summed E-state index contributed by atoms with van der Waals surface area (Å²) in [5.41, 5.74) is 2.94. The van der Waals surface area contributed by atoms with E-state index in [-0.39, 0.29) is 0 Å². The third-order valence-corrected chi connectivity index (χ3v) is 4.69. The van der Waals surface area contributed by atoms with Crippen molar-refractivity contribution in [2.75, 3.05) is 11.9 Å². The number of hydrogen-bond acceptors (Lipinski definition) is 6. The highest BCUT2D eigenvalue weighted by molar-refractivity contribution is 7.09. The van der Waals surface area contributed by atoms with E-state index >= 15 is 0 Å². The van der Waals surface area contributed by atoms with Crippen LogP contribution in [0.2, 0.25) is 0 Å². The number of thiazole rings is 1. The van der Waals surface area contributed by atoms with Crippen LogP contribution in [-0.4, -0.2) is 26.5 Å². The highest BCUT2D eigenvalue weighted by Crippen LogP contribution is 2.24. The largest absolute Gasteiger partial charge is 0.369 e. The second-order valence-electron chi connectivity index (χ2n) is 5.69. The van der Waals surface area contributed by atoms with Crippen LogP contribution in [0.15, 0.2) is 54.2 Å². The molecule has 0 aliphatic carbocycles. The molecule has 0 saturated carbocycles. The molecule has 0 atom stereocenters. The Morgan fingerprint density at radius 1 is 1.04 bits per heavy atom. The van der Waals surface area contributed by atoms with Gasteiger partial charge in [-0.1, -0.05) is 12.1 Å². The van der Waals surface area contributed by atoms with Crippen LogP contribution in [0.25, 0.3) is 22.3 Å². The van der Waals surface area contributed by atoms with Gasteiger partial charge < -0.3 is 5.32 Å². The molecule has 0 aliphatic rings. The van der Waals surface area contributed by atoms with Crippen molar-refractivity contribution in [2.24, 2.45) is 0 Å². The van der Waals surface area contributed by atoms with Crippen LogP contribution in [0.4, 0.5) is 5.82 Å². The SMILES string of the molecule is Cc1nc(CCNc2nc(-c3cccnc3)nc3ccccc23)cs1. The molecule has 1 N–H and O–H groups in total. The molecule has 1 aromatic carbocycles. The number of rotatable bonds is 5. The van der Waals surface area contributed by atoms with Gasteiger partial charge in [0, 0.05) is 41.7 Å². The maximum atomic E-state index is 4.73. The van der Waals surface area contributed by atoms with Crippen LogP contribution in [0.5, 0.6) is 0 Å². The molecule has 0 spiro atoms. The lowest BCUT2D eigenvalue weighted by Crippen LogP contribution is -2.08. The molecule has 0 aliphatic heterocycles. The van der Waals surface area contributed by atoms with Gasteiger partial charge in [0.15, 0.2) is 5.82 Å². The molecule has 6 heteroatoms. The van der Waals surface area contributed by atoms with Gasteiger partial charge in [0.1, 0.15) is 5.82 Å². The van der Waals surface area contributed by atoms with E-state index in [9.17, 15) is 0 Å². The summed E-state index contributed by atoms with van der Waals surface area (Å²) in [4.78, 5) is 18.1. The Bertz CT molecular complexity index is 997. The molecule has 0 radical (unpaired) electrons. The summed E-state index contributed by atoms with van der Waals surface area (Å²) in [5.74, 6) is 1.52. The number of aromatic nitrogens is 4. The monoisotopic (exact) mass is 347 g/mol. The van der Waals surface area contributed by atoms with E-state index in [2.05, 4.69) is 25.6 Å². The van der Waals surface area contributed by atoms with Gasteiger partial charge in [0.2, 0.25) is 0 Å². The molecule has 0 unspecified atom stereocenters. The smallest absolute Gasteiger partial charge is 0.163 e. The fourth-order valence-corrected chi connectivity index (χ4v) is 3.31. The Morgan fingerprint density at radius 2 is 1.96 bits per heavy atom. The van der Waals surface area contributed by atoms with Crippen molar-refractivity contribution < 1.29 is 0 Å². The molecular formula is C19H17N5S. The molecule has 0 fully saturated rings. The van der Waals surface area contributed by atoms with Crippen molar-refractivity contribution >= 4 is 28.1 Å². The van der Waals surface area contributed by atoms with E-state index in [1.165, 1.54) is 0 Å². The normalized spacial score (nSPS) is 10.9. The highest BCUT2D eigenvalue weighted by atomic mass is 32.1. The fraction of sp³-hybridized carbons (Fsp3) is 0.158. The lowest BCUT2D eigenvalue weighted by Gasteiger charge is -2.10. The van der Waals surface area contributed by atoms with Crippen molar-refractivity contribution in [1.29, 1.82) is 0 Å². The maximum Gasteiger partial charge on any atom is 0.163 e. The fourth-order valence-electron chi connectivity index (χ4n) is 2.67. The van der Waals surface area contributed by atoms with Crippen LogP contribution in [0, 0.1) is 6.92 Å². The van der Waals surface area contributed by atoms with Crippen LogP contribution in [0.1, 0.15) is 10.7 Å². The summed E-state index contributed by atoms with van der Waals surface area (Å²) in [6.07, 6.45) is 4.40. The molecule has 25 heavy (non-hydrogen) atoms. The Balaban J connectivity index is 1.64. The molecule has 3 aromatic heterocycles. The first-order chi connectivity index (χ1) is 12.3. The molecule has 5 nitrogen and oxygen atoms in total. The predicted molar refractivity (Wildman–Crippen MR) is 102 cm³/mol. The maximum absolute atomic E-state index is 4.73. The minimum Gasteiger partial charge on any atom is -0.369 e. The zero-order valence-corrected chi connectivity index (χ0v) is 14.6. The summed E-state index contributed by atoms with van der Waals surface area (Å²) in [5, 5.41) is 7.67. The average molecular weight is 347 g/mol. The molecule has 3 heterocycles. The first-order valence-corrected chi connectivity index (χ1v) is 8.99. The van der Waals surface area contributed by atoms with Crippen molar-refractivity contribution in [2.45, 2.75) is 13.3 Å². The summed E-state index contributed by atoms with van der Waals surface area (Å²) in [7, 11) is 0. The van der Waals surface area contributed by atoms with Crippen molar-refractivity contribution in [3.05, 3.63) is 64.9 Å². The Kier molecular flexibility index (Phi) is 4.35. The van der Waals surface area contributed by atoms with Gasteiger partial charge in [-0.05, 0) is 31.2 Å². The van der Waals surface area contributed by atoms with Crippen molar-refractivity contribution in [3.8, 4) is 11.4 Å². The van der Waals surface area contributed by atoms with E-state index in [1.807, 2.05) is 43.3 Å². The summed E-state index contributed by atoms with van der Waals surface area (Å²) < 4.78 is 0. The van der Waals surface area contributed by atoms with E-state index in [0.717, 1.165) is 46.0 Å². The molecule has 4 rings (SSSR count). The van der Waals surface area contributed by atoms with Crippen LogP contribution < -0.4 is 5.32 Å². The quantitative estimate of drug-likeness (QED) is 0.588. The average Bonchev–Trinajstić information content (AvgIpc) is 3.07. The Hall–Kier alpha value is -2.86. The Morgan fingerprint density at radius 3 is 2.76 bits per heavy atom. The second kappa shape index (κ2) is 6.94. The lowest BCUT2D eigenvalue weighted by atomic mass is 10.2. The predicted octanol–water partition coefficient (Wildman–Crippen LogP) is 4.11. The third kappa shape index (κ3) is 3.49. The zero-order chi connectivity index (χ0) is 17.1. The molecule has 4 aromatic rings. The first-order valence-electron chi connectivity index (χ1n) is 8.12. The summed E-state index contributed by atoms with van der Waals surface area (Å²) in [6, 6.07) is 11.9. The van der Waals surface area contributed by atoms with Crippen LogP contribution in [-0.2, 0) is 6.42 Å². The van der Waals surface area contributed by atoms with E-state index in [1.54, 1.807) is 23.7 Å². The molecule has 0 amide bonds. The Labute approximate surface area is 149 Å². The second-order valence-corrected chi connectivity index (χ2v) is 6.75. The number of nitrogens with zero attached hydrogens (tertiary/aromatic N) is 4. The molecule has 0 saturated heterocycles. The molecule has 0 bridgehead atoms. The number of hydrogen-bond donors (Lipinski definition) is 1. The highest BCUT2D eigenvalue weighted by Gasteiger charge is 2.09. The number of para-hydroxylation sites is 1. The van der Waals surface area contributed by atoms with Crippen molar-refractivity contribution in [1.82, 2.24) is 19.9 Å². The van der Waals surface area contributed by atoms with Gasteiger partial charge in [-0.3, -0.25) is 4.98 Å². The standard InChI is InChI=1S/C19H17N5S/c1-13-22-15(12-25-13)8-10-21-19-16-6-2-3-7-17(16)23-18(24-19)14-5-4-9-20-11-14/h2-7,9,11-12H,8,10H2,1H3,(H,21,23,24). The van der Waals surface area contributed by atoms with Gasteiger partial charge in [-0.15, -0.1) is 11.3 Å². The number of benzene rings is 1. The zero-order valence-electron chi connectivity index (χ0n) is 13.8. The first kappa shape index (κ1) is 15.7. The van der Waals surface area contributed by atoms with Crippen molar-refractivity contribution in [3.63, 3.8) is 0 Å². The summed E-state index contributed by atoms with van der Waals surface area (Å²) in [6.45, 7) is 2.80. The number of pyridine rings is 1. The minimum atomic E-state index is 0.679. The minimum absolute atomic E-state index is 0.679. The number of nitrogens with one attached hydrogen (secondary N) is 1. The topological polar surface area (TPSA) is 63.6 Å². The van der Waals surface area contributed by atoms with Gasteiger partial charge in [0.25, 0.3) is 0 Å². The van der Waals surface area contributed by atoms with Gasteiger partial charge in [-0.2, -0.15) is 0 Å². The van der Waals surface area contributed by atoms with Crippen LogP contribution >= 0.6 is 11.3 Å². The van der Waals surface area contributed by atoms with Gasteiger partial charge in [0.05, 0.1) is 16.2 Å². The van der Waals surface area contributed by atoms with Gasteiger partial charge in [-0.25, -0.2) is 15.0 Å². The van der Waals surface area contributed by atoms with Gasteiger partial charge >= 0.3 is 0 Å². The number of aryl methyl sites for hydroxylation is 1. The molecule has 124 valence electrons.